The summed E-state index contributed by atoms with van der Waals surface area (Å²) in [7, 11) is 1.77. The van der Waals surface area contributed by atoms with Crippen LogP contribution in [0.25, 0.3) is 11.3 Å². The predicted octanol–water partition coefficient (Wildman–Crippen LogP) is 0.797. The zero-order chi connectivity index (χ0) is 19.0. The van der Waals surface area contributed by atoms with E-state index in [1.807, 2.05) is 30.3 Å². The molecule has 2 aliphatic rings. The van der Waals surface area contributed by atoms with Crippen molar-refractivity contribution in [3.05, 3.63) is 42.1 Å². The van der Waals surface area contributed by atoms with Gasteiger partial charge in [-0.05, 0) is 0 Å². The topological polar surface area (TPSA) is 102 Å². The molecule has 0 saturated carbocycles. The molecule has 0 unspecified atom stereocenters. The minimum atomic E-state index is -0.189. The Morgan fingerprint density at radius 2 is 2.04 bits per heavy atom. The van der Waals surface area contributed by atoms with E-state index in [9.17, 15) is 9.59 Å². The summed E-state index contributed by atoms with van der Waals surface area (Å²) in [5.41, 5.74) is 7.45. The number of likely N-dealkylation sites (tertiary alicyclic amines) is 1. The molecule has 2 atom stereocenters. The summed E-state index contributed by atoms with van der Waals surface area (Å²) in [6.45, 7) is 1.23. The van der Waals surface area contributed by atoms with E-state index in [1.54, 1.807) is 16.8 Å². The van der Waals surface area contributed by atoms with Crippen molar-refractivity contribution in [1.29, 1.82) is 0 Å². The van der Waals surface area contributed by atoms with Crippen LogP contribution in [0.1, 0.15) is 16.8 Å². The number of carbonyl (C=O) groups excluding carboxylic acids is 2. The second kappa shape index (κ2) is 6.96. The Morgan fingerprint density at radius 1 is 1.26 bits per heavy atom. The van der Waals surface area contributed by atoms with Gasteiger partial charge in [-0.3, -0.25) is 9.59 Å². The van der Waals surface area contributed by atoms with E-state index in [4.69, 9.17) is 10.5 Å². The van der Waals surface area contributed by atoms with Crippen molar-refractivity contribution in [2.75, 3.05) is 32.5 Å². The molecule has 140 valence electrons. The van der Waals surface area contributed by atoms with Gasteiger partial charge in [0.05, 0.1) is 36.4 Å². The van der Waals surface area contributed by atoms with E-state index in [1.165, 1.54) is 6.20 Å². The third-order valence-electron chi connectivity index (χ3n) is 5.15. The van der Waals surface area contributed by atoms with E-state index in [0.29, 0.717) is 37.4 Å². The normalized spacial score (nSPS) is 22.5. The maximum absolute atomic E-state index is 13.2. The summed E-state index contributed by atoms with van der Waals surface area (Å²) in [6, 6.07) is 9.27. The quantitative estimate of drug-likeness (QED) is 0.842. The Morgan fingerprint density at radius 3 is 2.81 bits per heavy atom. The van der Waals surface area contributed by atoms with Gasteiger partial charge in [-0.1, -0.05) is 30.3 Å². The van der Waals surface area contributed by atoms with Gasteiger partial charge < -0.3 is 20.3 Å². The summed E-state index contributed by atoms with van der Waals surface area (Å²) in [5.74, 6) is -0.0328. The molecule has 0 aliphatic carbocycles. The Bertz CT molecular complexity index is 873. The maximum atomic E-state index is 13.2. The molecule has 2 aromatic rings. The van der Waals surface area contributed by atoms with Gasteiger partial charge in [0.15, 0.2) is 0 Å². The number of nitrogen functional groups attached to an aromatic ring is 1. The van der Waals surface area contributed by atoms with Gasteiger partial charge in [0.25, 0.3) is 5.91 Å². The fourth-order valence-corrected chi connectivity index (χ4v) is 3.66. The van der Waals surface area contributed by atoms with Crippen LogP contribution < -0.4 is 5.73 Å². The largest absolute Gasteiger partial charge is 0.374 e. The van der Waals surface area contributed by atoms with E-state index in [-0.39, 0.29) is 29.9 Å². The SMILES string of the molecule is CN1C(=O)CCO[C@H]2CN(C(=O)c3cnc(N)nc3-c3ccccc3)C[C@@H]21. The van der Waals surface area contributed by atoms with E-state index in [0.717, 1.165) is 5.56 Å². The molecule has 8 heteroatoms. The highest BCUT2D eigenvalue weighted by Crippen LogP contribution is 2.27. The van der Waals surface area contributed by atoms with E-state index in [2.05, 4.69) is 9.97 Å². The number of likely N-dealkylation sites (N-methyl/N-ethyl adjacent to an activating group) is 1. The van der Waals surface area contributed by atoms with Crippen molar-refractivity contribution >= 4 is 17.8 Å². The molecule has 2 N–H and O–H groups in total. The molecule has 27 heavy (non-hydrogen) atoms. The second-order valence-electron chi connectivity index (χ2n) is 6.80. The zero-order valence-corrected chi connectivity index (χ0v) is 15.0. The van der Waals surface area contributed by atoms with Crippen molar-refractivity contribution in [2.24, 2.45) is 0 Å². The first-order valence-electron chi connectivity index (χ1n) is 8.89. The van der Waals surface area contributed by atoms with E-state index < -0.39 is 0 Å². The van der Waals surface area contributed by atoms with Crippen molar-refractivity contribution < 1.29 is 14.3 Å². The van der Waals surface area contributed by atoms with Crippen molar-refractivity contribution in [3.63, 3.8) is 0 Å². The molecule has 1 aromatic carbocycles. The number of aromatic nitrogens is 2. The van der Waals surface area contributed by atoms with Crippen LogP contribution in [0.5, 0.6) is 0 Å². The molecule has 0 radical (unpaired) electrons. The number of nitrogens with two attached hydrogens (primary N) is 1. The second-order valence-corrected chi connectivity index (χ2v) is 6.80. The number of nitrogens with zero attached hydrogens (tertiary/aromatic N) is 4. The number of carbonyl (C=O) groups is 2. The van der Waals surface area contributed by atoms with Crippen LogP contribution in [-0.2, 0) is 9.53 Å². The minimum Gasteiger partial charge on any atom is -0.374 e. The number of amides is 2. The highest BCUT2D eigenvalue weighted by atomic mass is 16.5. The first-order valence-corrected chi connectivity index (χ1v) is 8.89. The summed E-state index contributed by atoms with van der Waals surface area (Å²) < 4.78 is 5.81. The van der Waals surface area contributed by atoms with Crippen LogP contribution in [0.2, 0.25) is 0 Å². The third kappa shape index (κ3) is 3.23. The van der Waals surface area contributed by atoms with Crippen molar-refractivity contribution in [1.82, 2.24) is 19.8 Å². The molecule has 8 nitrogen and oxygen atoms in total. The van der Waals surface area contributed by atoms with Crippen LogP contribution >= 0.6 is 0 Å². The Kier molecular flexibility index (Phi) is 4.49. The Balaban J connectivity index is 1.64. The number of hydrogen-bond donors (Lipinski definition) is 1. The average Bonchev–Trinajstić information content (AvgIpc) is 3.06. The number of hydrogen-bond acceptors (Lipinski definition) is 6. The Hall–Kier alpha value is -3.00. The molecule has 2 aliphatic heterocycles. The molecule has 1 aromatic heterocycles. The lowest BCUT2D eigenvalue weighted by atomic mass is 10.1. The number of fused-ring (bicyclic) bond motifs is 1. The van der Waals surface area contributed by atoms with Crippen LogP contribution in [0, 0.1) is 0 Å². The molecular formula is C19H21N5O3. The van der Waals surface area contributed by atoms with Gasteiger partial charge in [-0.15, -0.1) is 0 Å². The van der Waals surface area contributed by atoms with E-state index >= 15 is 0 Å². The summed E-state index contributed by atoms with van der Waals surface area (Å²) in [6.07, 6.45) is 1.67. The van der Waals surface area contributed by atoms with Crippen LogP contribution in [0.3, 0.4) is 0 Å². The summed E-state index contributed by atoms with van der Waals surface area (Å²) >= 11 is 0. The predicted molar refractivity (Wildman–Crippen MR) is 98.7 cm³/mol. The van der Waals surface area contributed by atoms with Crippen molar-refractivity contribution in [3.8, 4) is 11.3 Å². The van der Waals surface area contributed by atoms with Gasteiger partial charge in [-0.25, -0.2) is 9.97 Å². The monoisotopic (exact) mass is 367 g/mol. The molecule has 2 amide bonds. The summed E-state index contributed by atoms with van der Waals surface area (Å²) in [5, 5.41) is 0. The lowest BCUT2D eigenvalue weighted by molar-refractivity contribution is -0.131. The van der Waals surface area contributed by atoms with Gasteiger partial charge in [0.1, 0.15) is 0 Å². The zero-order valence-electron chi connectivity index (χ0n) is 15.0. The molecule has 0 bridgehead atoms. The van der Waals surface area contributed by atoms with Gasteiger partial charge in [-0.2, -0.15) is 0 Å². The first-order chi connectivity index (χ1) is 13.0. The van der Waals surface area contributed by atoms with Gasteiger partial charge >= 0.3 is 0 Å². The lowest BCUT2D eigenvalue weighted by Crippen LogP contribution is -2.43. The standard InChI is InChI=1S/C19H21N5O3/c1-23-14-10-24(11-15(14)27-8-7-16(23)25)18(26)13-9-21-19(20)22-17(13)12-5-3-2-4-6-12/h2-6,9,14-15H,7-8,10-11H2,1H3,(H2,20,21,22)/t14-,15-/m0/s1. The molecule has 2 saturated heterocycles. The molecule has 3 heterocycles. The number of rotatable bonds is 2. The number of ether oxygens (including phenoxy) is 1. The molecule has 0 spiro atoms. The molecular weight excluding hydrogens is 346 g/mol. The highest BCUT2D eigenvalue weighted by Gasteiger charge is 2.42. The first kappa shape index (κ1) is 17.4. The fraction of sp³-hybridized carbons (Fsp3) is 0.368. The summed E-state index contributed by atoms with van der Waals surface area (Å²) in [4.78, 5) is 37.0. The molecule has 4 rings (SSSR count). The van der Waals surface area contributed by atoms with Gasteiger partial charge in [0.2, 0.25) is 11.9 Å². The number of anilines is 1. The third-order valence-corrected chi connectivity index (χ3v) is 5.15. The smallest absolute Gasteiger partial charge is 0.257 e. The Labute approximate surface area is 156 Å². The lowest BCUT2D eigenvalue weighted by Gasteiger charge is -2.25. The average molecular weight is 367 g/mol. The minimum absolute atomic E-state index is 0.0394. The highest BCUT2D eigenvalue weighted by molar-refractivity contribution is 6.00. The fourth-order valence-electron chi connectivity index (χ4n) is 3.66. The van der Waals surface area contributed by atoms with Crippen LogP contribution in [-0.4, -0.2) is 70.5 Å². The van der Waals surface area contributed by atoms with Gasteiger partial charge in [0, 0.05) is 31.9 Å². The van der Waals surface area contributed by atoms with Crippen LogP contribution in [0.15, 0.2) is 36.5 Å². The maximum Gasteiger partial charge on any atom is 0.257 e. The number of benzene rings is 1. The van der Waals surface area contributed by atoms with Crippen LogP contribution in [0.4, 0.5) is 5.95 Å². The van der Waals surface area contributed by atoms with Crippen molar-refractivity contribution in [2.45, 2.75) is 18.6 Å². The molecule has 2 fully saturated rings.